The number of H-pyrrole nitrogens is 1. The lowest BCUT2D eigenvalue weighted by Crippen LogP contribution is -2.36. The fourth-order valence-electron chi connectivity index (χ4n) is 2.51. The van der Waals surface area contributed by atoms with Gasteiger partial charge in [0.2, 0.25) is 0 Å². The van der Waals surface area contributed by atoms with Crippen LogP contribution in [0.5, 0.6) is 0 Å². The molecule has 1 aliphatic rings. The predicted octanol–water partition coefficient (Wildman–Crippen LogP) is 2.94. The molecule has 1 N–H and O–H groups in total. The minimum atomic E-state index is -0.322. The lowest BCUT2D eigenvalue weighted by molar-refractivity contribution is 0.0520. The van der Waals surface area contributed by atoms with E-state index in [2.05, 4.69) is 31.9 Å². The number of nitrogens with one attached hydrogen (secondary N) is 1. The molecule has 0 radical (unpaired) electrons. The van der Waals surface area contributed by atoms with E-state index < -0.39 is 0 Å². The second-order valence-corrected chi connectivity index (χ2v) is 5.75. The van der Waals surface area contributed by atoms with E-state index in [9.17, 15) is 4.79 Å². The zero-order valence-electron chi connectivity index (χ0n) is 11.8. The van der Waals surface area contributed by atoms with E-state index in [0.717, 1.165) is 47.4 Å². The summed E-state index contributed by atoms with van der Waals surface area (Å²) in [6, 6.07) is 5.93. The van der Waals surface area contributed by atoms with Gasteiger partial charge in [0.1, 0.15) is 5.69 Å². The highest BCUT2D eigenvalue weighted by Gasteiger charge is 2.17. The van der Waals surface area contributed by atoms with Crippen LogP contribution >= 0.6 is 15.9 Å². The number of nitrogens with zero attached hydrogens (tertiary/aromatic N) is 1. The van der Waals surface area contributed by atoms with E-state index in [0.29, 0.717) is 12.3 Å². The number of ether oxygens (including phenoxy) is 2. The van der Waals surface area contributed by atoms with Crippen molar-refractivity contribution in [2.45, 2.75) is 6.92 Å². The SMILES string of the molecule is CCOC(=O)c1cc2cc(N3CCOCC3)c(Br)cc2[nH]1. The first-order valence-corrected chi connectivity index (χ1v) is 7.80. The fraction of sp³-hybridized carbons (Fsp3) is 0.400. The summed E-state index contributed by atoms with van der Waals surface area (Å²) in [5.41, 5.74) is 2.53. The van der Waals surface area contributed by atoms with Gasteiger partial charge in [-0.15, -0.1) is 0 Å². The highest BCUT2D eigenvalue weighted by molar-refractivity contribution is 9.10. The van der Waals surface area contributed by atoms with Gasteiger partial charge in [-0.2, -0.15) is 0 Å². The van der Waals surface area contributed by atoms with Crippen molar-refractivity contribution in [3.63, 3.8) is 0 Å². The van der Waals surface area contributed by atoms with Crippen LogP contribution in [-0.2, 0) is 9.47 Å². The molecule has 1 fully saturated rings. The van der Waals surface area contributed by atoms with E-state index in [4.69, 9.17) is 9.47 Å². The number of esters is 1. The van der Waals surface area contributed by atoms with Crippen LogP contribution in [-0.4, -0.2) is 43.9 Å². The Balaban J connectivity index is 1.96. The van der Waals surface area contributed by atoms with Gasteiger partial charge >= 0.3 is 5.97 Å². The monoisotopic (exact) mass is 352 g/mol. The third-order valence-electron chi connectivity index (χ3n) is 3.54. The summed E-state index contributed by atoms with van der Waals surface area (Å²) in [5, 5.41) is 1.00. The average molecular weight is 353 g/mol. The van der Waals surface area contributed by atoms with Gasteiger partial charge in [-0.3, -0.25) is 0 Å². The normalized spacial score (nSPS) is 15.4. The topological polar surface area (TPSA) is 54.6 Å². The molecule has 0 saturated carbocycles. The van der Waals surface area contributed by atoms with Gasteiger partial charge in [-0.25, -0.2) is 4.79 Å². The molecular weight excluding hydrogens is 336 g/mol. The summed E-state index contributed by atoms with van der Waals surface area (Å²) in [6.07, 6.45) is 0. The summed E-state index contributed by atoms with van der Waals surface area (Å²) in [5.74, 6) is -0.322. The largest absolute Gasteiger partial charge is 0.461 e. The van der Waals surface area contributed by atoms with Crippen LogP contribution in [0, 0.1) is 0 Å². The van der Waals surface area contributed by atoms with Gasteiger partial charge in [0.15, 0.2) is 0 Å². The molecule has 5 nitrogen and oxygen atoms in total. The van der Waals surface area contributed by atoms with Gasteiger partial charge in [-0.1, -0.05) is 0 Å². The van der Waals surface area contributed by atoms with Crippen molar-refractivity contribution in [3.8, 4) is 0 Å². The molecule has 3 rings (SSSR count). The minimum absolute atomic E-state index is 0.322. The number of hydrogen-bond acceptors (Lipinski definition) is 4. The summed E-state index contributed by atoms with van der Waals surface area (Å²) in [4.78, 5) is 17.2. The number of morpholine rings is 1. The second kappa shape index (κ2) is 6.07. The smallest absolute Gasteiger partial charge is 0.354 e. The van der Waals surface area contributed by atoms with Gasteiger partial charge in [0.05, 0.1) is 25.5 Å². The third kappa shape index (κ3) is 2.91. The molecule has 1 saturated heterocycles. The maximum absolute atomic E-state index is 11.8. The zero-order valence-corrected chi connectivity index (χ0v) is 13.4. The van der Waals surface area contributed by atoms with Crippen LogP contribution in [0.15, 0.2) is 22.7 Å². The average Bonchev–Trinajstić information content (AvgIpc) is 2.90. The summed E-state index contributed by atoms with van der Waals surface area (Å²) in [6.45, 7) is 5.40. The van der Waals surface area contributed by atoms with Crippen LogP contribution in [0.25, 0.3) is 10.9 Å². The number of aromatic amines is 1. The van der Waals surface area contributed by atoms with Crippen LogP contribution in [0.2, 0.25) is 0 Å². The molecular formula is C15H17BrN2O3. The summed E-state index contributed by atoms with van der Waals surface area (Å²) in [7, 11) is 0. The van der Waals surface area contributed by atoms with Crippen molar-refractivity contribution in [3.05, 3.63) is 28.4 Å². The standard InChI is InChI=1S/C15H17BrN2O3/c1-2-21-15(19)13-7-10-8-14(11(16)9-12(10)17-13)18-3-5-20-6-4-18/h7-9,17H,2-6H2,1H3. The minimum Gasteiger partial charge on any atom is -0.461 e. The van der Waals surface area contributed by atoms with Crippen LogP contribution in [0.1, 0.15) is 17.4 Å². The molecule has 0 unspecified atom stereocenters. The molecule has 21 heavy (non-hydrogen) atoms. The molecule has 2 aromatic rings. The number of fused-ring (bicyclic) bond motifs is 1. The number of hydrogen-bond donors (Lipinski definition) is 1. The van der Waals surface area contributed by atoms with E-state index >= 15 is 0 Å². The Morgan fingerprint density at radius 3 is 2.86 bits per heavy atom. The van der Waals surface area contributed by atoms with Crippen molar-refractivity contribution < 1.29 is 14.3 Å². The maximum Gasteiger partial charge on any atom is 0.354 e. The summed E-state index contributed by atoms with van der Waals surface area (Å²) < 4.78 is 11.4. The molecule has 0 aliphatic carbocycles. The van der Waals surface area contributed by atoms with Crippen LogP contribution in [0.4, 0.5) is 5.69 Å². The highest BCUT2D eigenvalue weighted by Crippen LogP contribution is 2.32. The Bertz CT molecular complexity index is 662. The Morgan fingerprint density at radius 2 is 2.14 bits per heavy atom. The van der Waals surface area contributed by atoms with Crippen molar-refractivity contribution >= 4 is 38.5 Å². The number of aromatic nitrogens is 1. The molecule has 0 bridgehead atoms. The van der Waals surface area contributed by atoms with Gasteiger partial charge in [-0.05, 0) is 41.1 Å². The van der Waals surface area contributed by atoms with Crippen molar-refractivity contribution in [1.82, 2.24) is 4.98 Å². The zero-order chi connectivity index (χ0) is 14.8. The van der Waals surface area contributed by atoms with Gasteiger partial charge < -0.3 is 19.4 Å². The molecule has 1 aliphatic heterocycles. The first-order chi connectivity index (χ1) is 10.2. The molecule has 1 aromatic carbocycles. The Morgan fingerprint density at radius 1 is 1.38 bits per heavy atom. The van der Waals surface area contributed by atoms with Gasteiger partial charge in [0, 0.05) is 28.5 Å². The quantitative estimate of drug-likeness (QED) is 0.862. The number of rotatable bonds is 3. The van der Waals surface area contributed by atoms with E-state index in [1.807, 2.05) is 12.1 Å². The lowest BCUT2D eigenvalue weighted by atomic mass is 10.2. The number of halogens is 1. The van der Waals surface area contributed by atoms with E-state index in [1.165, 1.54) is 0 Å². The molecule has 0 amide bonds. The Labute approximate surface area is 131 Å². The first-order valence-electron chi connectivity index (χ1n) is 7.01. The van der Waals surface area contributed by atoms with Crippen LogP contribution in [0.3, 0.4) is 0 Å². The van der Waals surface area contributed by atoms with E-state index in [1.54, 1.807) is 6.92 Å². The lowest BCUT2D eigenvalue weighted by Gasteiger charge is -2.29. The molecule has 1 aromatic heterocycles. The number of benzene rings is 1. The summed E-state index contributed by atoms with van der Waals surface area (Å²) >= 11 is 3.61. The van der Waals surface area contributed by atoms with Crippen molar-refractivity contribution in [1.29, 1.82) is 0 Å². The maximum atomic E-state index is 11.8. The van der Waals surface area contributed by atoms with Crippen molar-refractivity contribution in [2.24, 2.45) is 0 Å². The van der Waals surface area contributed by atoms with Gasteiger partial charge in [0.25, 0.3) is 0 Å². The molecule has 0 atom stereocenters. The molecule has 0 spiro atoms. The highest BCUT2D eigenvalue weighted by atomic mass is 79.9. The van der Waals surface area contributed by atoms with Crippen molar-refractivity contribution in [2.75, 3.05) is 37.8 Å². The molecule has 2 heterocycles. The van der Waals surface area contributed by atoms with E-state index in [-0.39, 0.29) is 5.97 Å². The number of carbonyl (C=O) groups excluding carboxylic acids is 1. The first kappa shape index (κ1) is 14.4. The molecule has 112 valence electrons. The second-order valence-electron chi connectivity index (χ2n) is 4.89. The third-order valence-corrected chi connectivity index (χ3v) is 4.17. The predicted molar refractivity (Wildman–Crippen MR) is 85.0 cm³/mol. The van der Waals surface area contributed by atoms with Crippen LogP contribution < -0.4 is 4.90 Å². The number of carbonyl (C=O) groups is 1. The Kier molecular flexibility index (Phi) is 4.17. The molecule has 6 heteroatoms. The fourth-order valence-corrected chi connectivity index (χ4v) is 3.10. The Hall–Kier alpha value is -1.53. The number of anilines is 1.